The quantitative estimate of drug-likeness (QED) is 0.353. The first-order valence-corrected chi connectivity index (χ1v) is 10.4. The van der Waals surface area contributed by atoms with Crippen molar-refractivity contribution in [3.63, 3.8) is 0 Å². The number of fused-ring (bicyclic) bond motifs is 1. The molecule has 0 spiro atoms. The minimum atomic E-state index is -0.567. The van der Waals surface area contributed by atoms with E-state index in [0.29, 0.717) is 27.4 Å². The average molecular weight is 451 g/mol. The Bertz CT molecular complexity index is 1380. The molecule has 0 unspecified atom stereocenters. The molecule has 4 rings (SSSR count). The first-order chi connectivity index (χ1) is 15.0. The van der Waals surface area contributed by atoms with Crippen LogP contribution in [0.3, 0.4) is 0 Å². The smallest absolute Gasteiger partial charge is 0.262 e. The third-order valence-electron chi connectivity index (χ3n) is 4.43. The van der Waals surface area contributed by atoms with E-state index in [2.05, 4.69) is 20.4 Å². The minimum Gasteiger partial charge on any atom is -0.325 e. The van der Waals surface area contributed by atoms with E-state index in [-0.39, 0.29) is 16.5 Å². The molecule has 0 radical (unpaired) electrons. The van der Waals surface area contributed by atoms with Crippen LogP contribution in [0.5, 0.6) is 0 Å². The van der Waals surface area contributed by atoms with Crippen LogP contribution in [0.4, 0.5) is 5.69 Å². The van der Waals surface area contributed by atoms with E-state index in [1.807, 2.05) is 36.4 Å². The zero-order valence-corrected chi connectivity index (χ0v) is 17.7. The number of halogens is 1. The van der Waals surface area contributed by atoms with Crippen molar-refractivity contribution in [2.45, 2.75) is 17.3 Å². The van der Waals surface area contributed by atoms with Crippen LogP contribution < -0.4 is 10.9 Å². The van der Waals surface area contributed by atoms with Gasteiger partial charge in [0.15, 0.2) is 10.8 Å². The number of carbonyl (C=O) groups excluding carboxylic acids is 1. The van der Waals surface area contributed by atoms with Gasteiger partial charge in [0.05, 0.1) is 27.7 Å². The molecule has 0 aliphatic carbocycles. The second-order valence-electron chi connectivity index (χ2n) is 6.56. The van der Waals surface area contributed by atoms with E-state index in [4.69, 9.17) is 16.9 Å². The highest BCUT2D eigenvalue weighted by atomic mass is 35.5. The summed E-state index contributed by atoms with van der Waals surface area (Å²) < 4.78 is 1.58. The van der Waals surface area contributed by atoms with E-state index < -0.39 is 5.25 Å². The molecule has 10 heteroatoms. The molecular weight excluding hydrogens is 436 g/mol. The molecule has 154 valence electrons. The molecule has 0 bridgehead atoms. The number of nitrogens with one attached hydrogen (secondary N) is 2. The molecule has 8 nitrogen and oxygen atoms in total. The summed E-state index contributed by atoms with van der Waals surface area (Å²) in [7, 11) is 0. The summed E-state index contributed by atoms with van der Waals surface area (Å²) in [5.74, 6) is -0.301. The van der Waals surface area contributed by atoms with Crippen LogP contribution in [0.25, 0.3) is 16.7 Å². The predicted molar refractivity (Wildman–Crippen MR) is 120 cm³/mol. The molecule has 2 N–H and O–H groups in total. The van der Waals surface area contributed by atoms with Crippen molar-refractivity contribution in [1.29, 1.82) is 5.26 Å². The Morgan fingerprint density at radius 2 is 2.06 bits per heavy atom. The lowest BCUT2D eigenvalue weighted by Gasteiger charge is -2.12. The number of aromatic nitrogens is 4. The number of nitriles is 1. The number of hydrogen-bond acceptors (Lipinski definition) is 6. The second-order valence-corrected chi connectivity index (χ2v) is 8.29. The lowest BCUT2D eigenvalue weighted by molar-refractivity contribution is -0.115. The molecule has 0 aliphatic heterocycles. The number of nitrogens with zero attached hydrogens (tertiary/aromatic N) is 4. The van der Waals surface area contributed by atoms with Gasteiger partial charge in [0.25, 0.3) is 5.56 Å². The molecule has 0 aliphatic rings. The fourth-order valence-corrected chi connectivity index (χ4v) is 3.88. The normalized spacial score (nSPS) is 11.8. The topological polar surface area (TPSA) is 116 Å². The van der Waals surface area contributed by atoms with E-state index in [0.717, 1.165) is 17.4 Å². The summed E-state index contributed by atoms with van der Waals surface area (Å²) in [6, 6.07) is 16.0. The van der Waals surface area contributed by atoms with E-state index in [1.54, 1.807) is 17.7 Å². The number of carbonyl (C=O) groups is 1. The van der Waals surface area contributed by atoms with Gasteiger partial charge in [-0.1, -0.05) is 41.6 Å². The van der Waals surface area contributed by atoms with Gasteiger partial charge < -0.3 is 10.3 Å². The van der Waals surface area contributed by atoms with E-state index in [9.17, 15) is 9.59 Å². The Hall–Kier alpha value is -3.61. The van der Waals surface area contributed by atoms with Crippen LogP contribution in [-0.2, 0) is 4.79 Å². The number of anilines is 1. The van der Waals surface area contributed by atoms with Crippen molar-refractivity contribution in [3.05, 3.63) is 75.7 Å². The van der Waals surface area contributed by atoms with Gasteiger partial charge in [0.1, 0.15) is 11.5 Å². The molecule has 1 amide bonds. The highest BCUT2D eigenvalue weighted by molar-refractivity contribution is 8.00. The van der Waals surface area contributed by atoms with Crippen LogP contribution in [-0.4, -0.2) is 30.9 Å². The minimum absolute atomic E-state index is 0.256. The van der Waals surface area contributed by atoms with Crippen molar-refractivity contribution >= 4 is 46.0 Å². The maximum Gasteiger partial charge on any atom is 0.262 e. The molecule has 0 fully saturated rings. The molecule has 2 heterocycles. The van der Waals surface area contributed by atoms with Crippen LogP contribution in [0, 0.1) is 11.3 Å². The standard InChI is InChI=1S/C21H15ClN6O2S/c1-12(19(29)25-14-8-7-13(10-23)17(22)9-14)31-21-26-18-16(20(30)27-21)11-24-28(18)15-5-3-2-4-6-15/h2-9,11-12H,1H3,(H,25,29)(H,26,27,30)/t12-/m1/s1. The van der Waals surface area contributed by atoms with Gasteiger partial charge in [-0.25, -0.2) is 9.67 Å². The second kappa shape index (κ2) is 8.63. The Balaban J connectivity index is 1.56. The molecule has 2 aromatic carbocycles. The number of H-pyrrole nitrogens is 1. The highest BCUT2D eigenvalue weighted by Crippen LogP contribution is 2.24. The first kappa shape index (κ1) is 20.7. The Kier molecular flexibility index (Phi) is 5.75. The van der Waals surface area contributed by atoms with Crippen LogP contribution in [0.2, 0.25) is 5.02 Å². The molecule has 2 aromatic heterocycles. The Morgan fingerprint density at radius 1 is 1.29 bits per heavy atom. The third kappa shape index (κ3) is 4.30. The van der Waals surface area contributed by atoms with Gasteiger partial charge in [-0.2, -0.15) is 10.4 Å². The average Bonchev–Trinajstić information content (AvgIpc) is 3.19. The van der Waals surface area contributed by atoms with Crippen molar-refractivity contribution < 1.29 is 4.79 Å². The summed E-state index contributed by atoms with van der Waals surface area (Å²) in [6.07, 6.45) is 1.47. The van der Waals surface area contributed by atoms with E-state index >= 15 is 0 Å². The van der Waals surface area contributed by atoms with Gasteiger partial charge in [0, 0.05) is 5.69 Å². The molecule has 4 aromatic rings. The van der Waals surface area contributed by atoms with Crippen molar-refractivity contribution in [2.75, 3.05) is 5.32 Å². The lowest BCUT2D eigenvalue weighted by Crippen LogP contribution is -2.23. The van der Waals surface area contributed by atoms with Crippen LogP contribution in [0.1, 0.15) is 12.5 Å². The van der Waals surface area contributed by atoms with Gasteiger partial charge in [-0.15, -0.1) is 0 Å². The van der Waals surface area contributed by atoms with Crippen molar-refractivity contribution in [1.82, 2.24) is 19.7 Å². The Morgan fingerprint density at radius 3 is 2.77 bits per heavy atom. The van der Waals surface area contributed by atoms with Gasteiger partial charge in [0.2, 0.25) is 5.91 Å². The summed E-state index contributed by atoms with van der Waals surface area (Å²) >= 11 is 7.13. The lowest BCUT2D eigenvalue weighted by atomic mass is 10.2. The summed E-state index contributed by atoms with van der Waals surface area (Å²) in [4.78, 5) is 32.3. The van der Waals surface area contributed by atoms with Gasteiger partial charge in [-0.05, 0) is 37.3 Å². The number of amides is 1. The molecule has 31 heavy (non-hydrogen) atoms. The zero-order valence-electron chi connectivity index (χ0n) is 16.2. The third-order valence-corrected chi connectivity index (χ3v) is 5.73. The van der Waals surface area contributed by atoms with Crippen LogP contribution >= 0.6 is 23.4 Å². The summed E-state index contributed by atoms with van der Waals surface area (Å²) in [5.41, 5.74) is 1.65. The summed E-state index contributed by atoms with van der Waals surface area (Å²) in [6.45, 7) is 1.70. The number of benzene rings is 2. The van der Waals surface area contributed by atoms with E-state index in [1.165, 1.54) is 18.3 Å². The predicted octanol–water partition coefficient (Wildman–Crippen LogP) is 3.75. The number of aromatic amines is 1. The van der Waals surface area contributed by atoms with Crippen molar-refractivity contribution in [3.8, 4) is 11.8 Å². The number of rotatable bonds is 5. The molecular formula is C21H15ClN6O2S. The van der Waals surface area contributed by atoms with Gasteiger partial charge >= 0.3 is 0 Å². The largest absolute Gasteiger partial charge is 0.325 e. The highest BCUT2D eigenvalue weighted by Gasteiger charge is 2.19. The maximum atomic E-state index is 12.6. The molecule has 1 atom stereocenters. The SMILES string of the molecule is C[C@@H](Sc1nc2c(cnn2-c2ccccc2)c(=O)[nH]1)C(=O)Nc1ccc(C#N)c(Cl)c1. The number of hydrogen-bond donors (Lipinski definition) is 2. The fourth-order valence-electron chi connectivity index (χ4n) is 2.86. The monoisotopic (exact) mass is 450 g/mol. The molecule has 0 saturated heterocycles. The summed E-state index contributed by atoms with van der Waals surface area (Å²) in [5, 5.41) is 16.3. The first-order valence-electron chi connectivity index (χ1n) is 9.17. The number of thioether (sulfide) groups is 1. The van der Waals surface area contributed by atoms with Gasteiger partial charge in [-0.3, -0.25) is 9.59 Å². The zero-order chi connectivity index (χ0) is 22.0. The molecule has 0 saturated carbocycles. The van der Waals surface area contributed by atoms with Crippen molar-refractivity contribution in [2.24, 2.45) is 0 Å². The Labute approximate surface area is 185 Å². The number of para-hydroxylation sites is 1. The van der Waals surface area contributed by atoms with Crippen LogP contribution in [0.15, 0.2) is 64.7 Å². The fraction of sp³-hybridized carbons (Fsp3) is 0.0952. The maximum absolute atomic E-state index is 12.6.